The molecule has 2 aliphatic carbocycles. The number of carboxylic acids is 1. The van der Waals surface area contributed by atoms with Gasteiger partial charge in [-0.05, 0) is 85.4 Å². The summed E-state index contributed by atoms with van der Waals surface area (Å²) >= 11 is 12.8. The number of carbonyl (C=O) groups is 3. The molecule has 2 saturated carbocycles. The van der Waals surface area contributed by atoms with E-state index in [4.69, 9.17) is 23.2 Å². The molecule has 1 heterocycles. The minimum absolute atomic E-state index is 0.0778. The minimum atomic E-state index is -5.09. The Balaban J connectivity index is 1.50. The third-order valence-corrected chi connectivity index (χ3v) is 8.71. The largest absolute Gasteiger partial charge is 0.481 e. The Hall–Kier alpha value is -3.51. The third kappa shape index (κ3) is 6.91. The van der Waals surface area contributed by atoms with E-state index in [1.165, 1.54) is 0 Å². The molecule has 0 atom stereocenters. The van der Waals surface area contributed by atoms with Crippen molar-refractivity contribution in [3.05, 3.63) is 86.2 Å². The lowest BCUT2D eigenvalue weighted by Crippen LogP contribution is -2.38. The van der Waals surface area contributed by atoms with E-state index in [2.05, 4.69) is 5.10 Å². The number of carboxylic acid groups (broad SMARTS) is 1. The summed E-state index contributed by atoms with van der Waals surface area (Å²) in [6.07, 6.45) is -2.67. The molecule has 44 heavy (non-hydrogen) atoms. The standard InChI is InChI=1S/C30H26Cl2F5N3O4/c31-24-9-18(16-1-2-16)10-25(32)22(24)12-26(41)39(14-15-7-19(33)11-20(34)8-15)28(42)23-13-38-40(27(23)30(35,36)37)21-5-3-17(4-6-21)29(43)44/h7-11,13,16-17,21H,1-6,12,14H2,(H,43,44)/t17-,21-. The van der Waals surface area contributed by atoms with Crippen molar-refractivity contribution in [1.82, 2.24) is 14.7 Å². The monoisotopic (exact) mass is 657 g/mol. The third-order valence-electron chi connectivity index (χ3n) is 8.04. The summed E-state index contributed by atoms with van der Waals surface area (Å²) in [5.41, 5.74) is -1.51. The molecule has 0 unspecified atom stereocenters. The summed E-state index contributed by atoms with van der Waals surface area (Å²) in [7, 11) is 0. The molecular formula is C30H26Cl2F5N3O4. The van der Waals surface area contributed by atoms with Crippen molar-refractivity contribution < 1.29 is 41.4 Å². The highest BCUT2D eigenvalue weighted by Crippen LogP contribution is 2.43. The highest BCUT2D eigenvalue weighted by molar-refractivity contribution is 6.36. The number of amides is 2. The lowest BCUT2D eigenvalue weighted by Gasteiger charge is -2.28. The van der Waals surface area contributed by atoms with E-state index in [0.717, 1.165) is 30.5 Å². The molecule has 2 fully saturated rings. The van der Waals surface area contributed by atoms with Gasteiger partial charge in [-0.1, -0.05) is 23.2 Å². The SMILES string of the molecule is O=C(Cc1c(Cl)cc(C2CC2)cc1Cl)N(Cc1cc(F)cc(F)c1)C(=O)c1cnn([C@H]2CC[C@H](C(=O)O)CC2)c1C(F)(F)F. The van der Waals surface area contributed by atoms with Gasteiger partial charge in [-0.2, -0.15) is 18.3 Å². The number of hydrogen-bond donors (Lipinski definition) is 1. The van der Waals surface area contributed by atoms with Gasteiger partial charge in [0.05, 0.1) is 36.7 Å². The predicted molar refractivity (Wildman–Crippen MR) is 149 cm³/mol. The Morgan fingerprint density at radius 3 is 2.05 bits per heavy atom. The molecule has 7 nitrogen and oxygen atoms in total. The van der Waals surface area contributed by atoms with Crippen molar-refractivity contribution in [3.8, 4) is 0 Å². The van der Waals surface area contributed by atoms with Crippen LogP contribution >= 0.6 is 23.2 Å². The molecule has 234 valence electrons. The zero-order valence-corrected chi connectivity index (χ0v) is 24.5. The molecule has 0 aliphatic heterocycles. The van der Waals surface area contributed by atoms with E-state index in [9.17, 15) is 41.4 Å². The van der Waals surface area contributed by atoms with Crippen LogP contribution in [0.15, 0.2) is 36.5 Å². The van der Waals surface area contributed by atoms with Gasteiger partial charge in [0.15, 0.2) is 5.69 Å². The van der Waals surface area contributed by atoms with E-state index in [0.29, 0.717) is 21.8 Å². The average Bonchev–Trinajstić information content (AvgIpc) is 3.69. The topological polar surface area (TPSA) is 92.5 Å². The van der Waals surface area contributed by atoms with Crippen LogP contribution in [-0.4, -0.2) is 37.6 Å². The molecule has 2 aliphatic rings. The quantitative estimate of drug-likeness (QED) is 0.252. The molecule has 1 aromatic heterocycles. The Kier molecular flexibility index (Phi) is 9.04. The summed E-state index contributed by atoms with van der Waals surface area (Å²) in [5.74, 6) is -5.88. The fourth-order valence-electron chi connectivity index (χ4n) is 5.64. The van der Waals surface area contributed by atoms with Gasteiger partial charge in [-0.3, -0.25) is 24.0 Å². The Bertz CT molecular complexity index is 1570. The van der Waals surface area contributed by atoms with Crippen LogP contribution in [0.3, 0.4) is 0 Å². The van der Waals surface area contributed by atoms with Crippen LogP contribution < -0.4 is 0 Å². The molecule has 3 aromatic rings. The van der Waals surface area contributed by atoms with Crippen LogP contribution in [-0.2, 0) is 28.7 Å². The van der Waals surface area contributed by atoms with Crippen molar-refractivity contribution >= 4 is 41.0 Å². The van der Waals surface area contributed by atoms with Gasteiger partial charge < -0.3 is 5.11 Å². The van der Waals surface area contributed by atoms with Crippen LogP contribution in [0.5, 0.6) is 0 Å². The van der Waals surface area contributed by atoms with E-state index >= 15 is 0 Å². The Labute approximate surface area is 258 Å². The maximum absolute atomic E-state index is 14.5. The molecule has 5 rings (SSSR count). The maximum Gasteiger partial charge on any atom is 0.433 e. The first-order valence-corrected chi connectivity index (χ1v) is 14.6. The summed E-state index contributed by atoms with van der Waals surface area (Å²) in [5, 5.41) is 13.4. The fourth-order valence-corrected chi connectivity index (χ4v) is 6.28. The number of nitrogens with zero attached hydrogens (tertiary/aromatic N) is 3. The highest BCUT2D eigenvalue weighted by atomic mass is 35.5. The van der Waals surface area contributed by atoms with Crippen LogP contribution in [0.2, 0.25) is 10.0 Å². The second kappa shape index (κ2) is 12.5. The number of hydrogen-bond acceptors (Lipinski definition) is 4. The number of alkyl halides is 3. The number of aromatic nitrogens is 2. The van der Waals surface area contributed by atoms with Crippen molar-refractivity contribution in [3.63, 3.8) is 0 Å². The van der Waals surface area contributed by atoms with Crippen molar-refractivity contribution in [2.24, 2.45) is 5.92 Å². The van der Waals surface area contributed by atoms with Crippen molar-refractivity contribution in [2.75, 3.05) is 0 Å². The van der Waals surface area contributed by atoms with Gasteiger partial charge >= 0.3 is 12.1 Å². The normalized spacial score (nSPS) is 18.7. The van der Waals surface area contributed by atoms with Gasteiger partial charge in [0.25, 0.3) is 5.91 Å². The molecule has 2 amide bonds. The van der Waals surface area contributed by atoms with Gasteiger partial charge in [0.2, 0.25) is 5.91 Å². The number of halogens is 7. The molecular weight excluding hydrogens is 632 g/mol. The lowest BCUT2D eigenvalue weighted by atomic mass is 9.86. The van der Waals surface area contributed by atoms with E-state index in [-0.39, 0.29) is 52.8 Å². The molecule has 2 aromatic carbocycles. The highest BCUT2D eigenvalue weighted by Gasteiger charge is 2.44. The molecule has 14 heteroatoms. The lowest BCUT2D eigenvalue weighted by molar-refractivity contribution is -0.147. The van der Waals surface area contributed by atoms with E-state index in [1.807, 2.05) is 0 Å². The number of benzene rings is 2. The molecule has 0 saturated heterocycles. The van der Waals surface area contributed by atoms with Crippen molar-refractivity contribution in [1.29, 1.82) is 0 Å². The zero-order valence-electron chi connectivity index (χ0n) is 23.0. The van der Waals surface area contributed by atoms with E-state index in [1.54, 1.807) is 12.1 Å². The first-order chi connectivity index (χ1) is 20.7. The number of carbonyl (C=O) groups excluding carboxylic acids is 2. The summed E-state index contributed by atoms with van der Waals surface area (Å²) < 4.78 is 72.1. The Morgan fingerprint density at radius 2 is 1.52 bits per heavy atom. The summed E-state index contributed by atoms with van der Waals surface area (Å²) in [6, 6.07) is 4.74. The smallest absolute Gasteiger partial charge is 0.433 e. The predicted octanol–water partition coefficient (Wildman–Crippen LogP) is 7.59. The Morgan fingerprint density at radius 1 is 0.932 bits per heavy atom. The average molecular weight is 658 g/mol. The fraction of sp³-hybridized carbons (Fsp3) is 0.400. The van der Waals surface area contributed by atoms with Gasteiger partial charge in [-0.25, -0.2) is 8.78 Å². The van der Waals surface area contributed by atoms with E-state index < -0.39 is 71.8 Å². The number of imide groups is 1. The first kappa shape index (κ1) is 31.9. The molecule has 1 N–H and O–H groups in total. The van der Waals surface area contributed by atoms with Crippen molar-refractivity contribution in [2.45, 2.75) is 69.6 Å². The van der Waals surface area contributed by atoms with Crippen LogP contribution in [0.1, 0.15) is 83.2 Å². The minimum Gasteiger partial charge on any atom is -0.481 e. The van der Waals surface area contributed by atoms with Crippen LogP contribution in [0.25, 0.3) is 0 Å². The number of rotatable bonds is 8. The van der Waals surface area contributed by atoms with Gasteiger partial charge in [0.1, 0.15) is 11.6 Å². The second-order valence-electron chi connectivity index (χ2n) is 11.2. The summed E-state index contributed by atoms with van der Waals surface area (Å²) in [6.45, 7) is -0.756. The molecule has 0 radical (unpaired) electrons. The molecule has 0 bridgehead atoms. The zero-order chi connectivity index (χ0) is 31.9. The van der Waals surface area contributed by atoms with Crippen LogP contribution in [0, 0.1) is 17.6 Å². The first-order valence-electron chi connectivity index (χ1n) is 13.9. The second-order valence-corrected chi connectivity index (χ2v) is 12.0. The molecule has 0 spiro atoms. The maximum atomic E-state index is 14.5. The number of aliphatic carboxylic acids is 1. The van der Waals surface area contributed by atoms with Gasteiger partial charge in [0, 0.05) is 16.1 Å². The van der Waals surface area contributed by atoms with Crippen LogP contribution in [0.4, 0.5) is 22.0 Å². The van der Waals surface area contributed by atoms with Gasteiger partial charge in [-0.15, -0.1) is 0 Å². The summed E-state index contributed by atoms with van der Waals surface area (Å²) in [4.78, 5) is 39.2.